The zero-order valence-corrected chi connectivity index (χ0v) is 38.9. The molecule has 0 N–H and O–H groups in total. The standard InChI is InChI=1S/C29H41.C15H11F3.C5H5.2ClH.Zr/c1-26(2,3)22-14-18-13-19-15-23(27(4,5)6)25(29(10,11)12)17-21(19)20(18)16-24(22)28(7,8)9;1-11-5-7-12(8-6-11)9-13-3-2-4-14(10-13)15(16,17)18;1-2-4-5-3-1;;;/h14,16-17H,13H2,1-12H3;2-8,10H,1H3;1-3H,4H2;2*1H;/q;;;;;+2/p-2. The second-order valence-corrected chi connectivity index (χ2v) is 25.3. The van der Waals surface area contributed by atoms with Crippen molar-refractivity contribution in [3.05, 3.63) is 144 Å². The minimum atomic E-state index is -4.44. The molecule has 0 aliphatic heterocycles. The third-order valence-electron chi connectivity index (χ3n) is 10.9. The number of alkyl halides is 3. The molecule has 292 valence electrons. The van der Waals surface area contributed by atoms with E-state index in [1.165, 1.54) is 63.2 Å². The van der Waals surface area contributed by atoms with Crippen LogP contribution >= 0.6 is 0 Å². The summed E-state index contributed by atoms with van der Waals surface area (Å²) in [6.45, 7) is 29.9. The average molecular weight is 865 g/mol. The van der Waals surface area contributed by atoms with E-state index in [2.05, 4.69) is 151 Å². The summed E-state index contributed by atoms with van der Waals surface area (Å²) in [5.74, 6) is 0. The number of fused-ring (bicyclic) bond motifs is 3. The maximum atomic E-state index is 14.5. The number of hydrogen-bond acceptors (Lipinski definition) is 0. The molecule has 6 rings (SSSR count). The molecule has 0 aromatic heterocycles. The maximum Gasteiger partial charge on any atom is -1.00 e. The molecule has 0 bridgehead atoms. The van der Waals surface area contributed by atoms with Crippen LogP contribution in [0.15, 0.2) is 88.2 Å². The molecule has 55 heavy (non-hydrogen) atoms. The van der Waals surface area contributed by atoms with Gasteiger partial charge >= 0.3 is 327 Å². The largest absolute Gasteiger partial charge is 1.00 e. The summed E-state index contributed by atoms with van der Waals surface area (Å²) >= 11 is -3.37. The molecule has 4 aromatic rings. The van der Waals surface area contributed by atoms with Crippen LogP contribution in [0.5, 0.6) is 0 Å². The first kappa shape index (κ1) is 45.2. The number of halogens is 5. The normalized spacial score (nSPS) is 14.5. The Morgan fingerprint density at radius 1 is 0.618 bits per heavy atom. The van der Waals surface area contributed by atoms with Crippen molar-refractivity contribution in [3.8, 4) is 11.1 Å². The molecule has 2 aliphatic carbocycles. The monoisotopic (exact) mass is 862 g/mol. The van der Waals surface area contributed by atoms with Crippen LogP contribution in [-0.4, -0.2) is 3.21 Å². The fourth-order valence-electron chi connectivity index (χ4n) is 8.37. The van der Waals surface area contributed by atoms with Crippen LogP contribution in [0, 0.1) is 6.92 Å². The van der Waals surface area contributed by atoms with E-state index in [-0.39, 0.29) is 46.5 Å². The Morgan fingerprint density at radius 3 is 1.69 bits per heavy atom. The van der Waals surface area contributed by atoms with Gasteiger partial charge in [-0.1, -0.05) is 0 Å². The van der Waals surface area contributed by atoms with Crippen LogP contribution in [0.2, 0.25) is 0 Å². The first-order valence-corrected chi connectivity index (χ1v) is 22.8. The summed E-state index contributed by atoms with van der Waals surface area (Å²) in [4.78, 5) is 0. The van der Waals surface area contributed by atoms with Crippen molar-refractivity contribution in [2.45, 2.75) is 131 Å². The van der Waals surface area contributed by atoms with Crippen molar-refractivity contribution >= 4 is 6.48 Å². The van der Waals surface area contributed by atoms with Crippen LogP contribution in [0.25, 0.3) is 11.1 Å². The number of aryl methyl sites for hydroxylation is 1. The SMILES string of the molecule is Cc1ccc(/[C](c2cccc(C(F)(F)F)c2)=[Zr+2](\[C]2=CC=CC2)[c]2c3c(cc(C(C)(C)C)c2C(C)(C)C)-c2cc(C(C)(C)C)c(C(C)(C)C)cc2C3)cc1.[Cl-].[Cl-]. The van der Waals surface area contributed by atoms with Gasteiger partial charge in [-0.3, -0.25) is 0 Å². The number of benzene rings is 4. The molecular formula is C49H57Cl2F3Zr. The number of allylic oxidation sites excluding steroid dienone is 4. The second-order valence-electron chi connectivity index (χ2n) is 19.5. The Balaban J connectivity index is 0.00000336. The Hall–Kier alpha value is -2.52. The van der Waals surface area contributed by atoms with E-state index < -0.39 is 33.0 Å². The van der Waals surface area contributed by atoms with Gasteiger partial charge in [0.25, 0.3) is 0 Å². The average Bonchev–Trinajstić information content (AvgIpc) is 3.69. The second kappa shape index (κ2) is 15.7. The van der Waals surface area contributed by atoms with Gasteiger partial charge in [0.05, 0.1) is 0 Å². The molecule has 0 amide bonds. The molecule has 6 heteroatoms. The molecule has 0 nitrogen and oxygen atoms in total. The van der Waals surface area contributed by atoms with Crippen molar-refractivity contribution in [1.82, 2.24) is 0 Å². The van der Waals surface area contributed by atoms with Crippen LogP contribution in [0.4, 0.5) is 13.2 Å². The zero-order valence-electron chi connectivity index (χ0n) is 34.9. The van der Waals surface area contributed by atoms with Gasteiger partial charge < -0.3 is 24.8 Å². The summed E-state index contributed by atoms with van der Waals surface area (Å²) in [5, 5.41) is 0. The third kappa shape index (κ3) is 8.98. The van der Waals surface area contributed by atoms with Crippen molar-refractivity contribution in [2.24, 2.45) is 0 Å². The first-order valence-electron chi connectivity index (χ1n) is 19.1. The zero-order chi connectivity index (χ0) is 39.1. The van der Waals surface area contributed by atoms with Crippen LogP contribution in [0.3, 0.4) is 0 Å². The minimum Gasteiger partial charge on any atom is -1.00 e. The smallest absolute Gasteiger partial charge is 1.00 e. The van der Waals surface area contributed by atoms with Gasteiger partial charge in [0.15, 0.2) is 0 Å². The van der Waals surface area contributed by atoms with Crippen molar-refractivity contribution in [1.29, 1.82) is 0 Å². The Bertz CT molecular complexity index is 2190. The molecule has 0 saturated heterocycles. The third-order valence-corrected chi connectivity index (χ3v) is 18.6. The van der Waals surface area contributed by atoms with Gasteiger partial charge in [0.2, 0.25) is 0 Å². The van der Waals surface area contributed by atoms with Gasteiger partial charge in [-0.2, -0.15) is 0 Å². The molecule has 2 aliphatic rings. The molecule has 0 radical (unpaired) electrons. The summed E-state index contributed by atoms with van der Waals surface area (Å²) in [6.07, 6.45) is 3.93. The molecule has 0 spiro atoms. The van der Waals surface area contributed by atoms with E-state index in [4.69, 9.17) is 0 Å². The summed E-state index contributed by atoms with van der Waals surface area (Å²) in [7, 11) is 0. The van der Waals surface area contributed by atoms with Gasteiger partial charge in [-0.05, 0) is 0 Å². The van der Waals surface area contributed by atoms with Crippen LogP contribution in [-0.2, 0) is 55.5 Å². The van der Waals surface area contributed by atoms with Gasteiger partial charge in [0.1, 0.15) is 0 Å². The Kier molecular flexibility index (Phi) is 12.9. The van der Waals surface area contributed by atoms with Crippen LogP contribution in [0.1, 0.15) is 145 Å². The van der Waals surface area contributed by atoms with Crippen LogP contribution < -0.4 is 28.1 Å². The van der Waals surface area contributed by atoms with Gasteiger partial charge in [-0.15, -0.1) is 0 Å². The molecular weight excluding hydrogens is 808 g/mol. The molecule has 4 aromatic carbocycles. The quantitative estimate of drug-likeness (QED) is 0.181. The topological polar surface area (TPSA) is 0 Å². The first-order chi connectivity index (χ1) is 24.4. The number of hydrogen-bond donors (Lipinski definition) is 0. The fraction of sp³-hybridized carbons (Fsp3) is 0.408. The van der Waals surface area contributed by atoms with E-state index in [1.807, 2.05) is 6.07 Å². The predicted molar refractivity (Wildman–Crippen MR) is 217 cm³/mol. The van der Waals surface area contributed by atoms with Gasteiger partial charge in [-0.25, -0.2) is 0 Å². The Morgan fingerprint density at radius 2 is 1.18 bits per heavy atom. The molecule has 0 fully saturated rings. The minimum absolute atomic E-state index is 0. The predicted octanol–water partition coefficient (Wildman–Crippen LogP) is 7.14. The molecule has 0 unspecified atom stereocenters. The van der Waals surface area contributed by atoms with Gasteiger partial charge in [0, 0.05) is 0 Å². The van der Waals surface area contributed by atoms with E-state index >= 15 is 0 Å². The molecule has 0 heterocycles. The maximum absolute atomic E-state index is 14.5. The number of rotatable bonds is 4. The summed E-state index contributed by atoms with van der Waals surface area (Å²) in [6, 6.07) is 22.2. The van der Waals surface area contributed by atoms with Crippen molar-refractivity contribution in [3.63, 3.8) is 0 Å². The van der Waals surface area contributed by atoms with Crippen molar-refractivity contribution in [2.75, 3.05) is 0 Å². The van der Waals surface area contributed by atoms with E-state index in [9.17, 15) is 13.2 Å². The van der Waals surface area contributed by atoms with E-state index in [1.54, 1.807) is 6.07 Å². The van der Waals surface area contributed by atoms with E-state index in [0.717, 1.165) is 27.2 Å². The Labute approximate surface area is 349 Å². The molecule has 0 saturated carbocycles. The van der Waals surface area contributed by atoms with E-state index in [0.29, 0.717) is 5.56 Å². The summed E-state index contributed by atoms with van der Waals surface area (Å²) < 4.78 is 47.4. The van der Waals surface area contributed by atoms with Crippen molar-refractivity contribution < 1.29 is 59.3 Å². The summed E-state index contributed by atoms with van der Waals surface area (Å²) in [5.41, 5.74) is 12.7. The molecule has 0 atom stereocenters. The fourth-order valence-corrected chi connectivity index (χ4v) is 17.4.